The van der Waals surface area contributed by atoms with Crippen LogP contribution in [-0.4, -0.2) is 6.61 Å². The lowest BCUT2D eigenvalue weighted by Crippen LogP contribution is -1.92. The molecule has 1 aromatic rings. The van der Waals surface area contributed by atoms with Gasteiger partial charge in [0.1, 0.15) is 11.6 Å². The molecule has 0 aliphatic heterocycles. The summed E-state index contributed by atoms with van der Waals surface area (Å²) in [5.74, 6) is 0.173. The molecule has 0 aliphatic carbocycles. The quantitative estimate of drug-likeness (QED) is 0.756. The highest BCUT2D eigenvalue weighted by Crippen LogP contribution is 2.17. The Kier molecular flexibility index (Phi) is 4.36. The monoisotopic (exact) mass is 205 g/mol. The van der Waals surface area contributed by atoms with Crippen molar-refractivity contribution in [2.24, 2.45) is 0 Å². The van der Waals surface area contributed by atoms with E-state index in [-0.39, 0.29) is 5.82 Å². The van der Waals surface area contributed by atoms with Crippen LogP contribution in [0.3, 0.4) is 0 Å². The number of rotatable bonds is 4. The van der Waals surface area contributed by atoms with E-state index in [0.717, 1.165) is 0 Å². The highest BCUT2D eigenvalue weighted by molar-refractivity contribution is 5.52. The topological polar surface area (TPSA) is 33.0 Å². The van der Waals surface area contributed by atoms with E-state index in [9.17, 15) is 4.39 Å². The standard InChI is InChI=1S/C12H12FNO/c1-2-15-12-8-10(5-3-4-6-14)7-11(13)9-12/h3,5,7-9H,2,4H2,1H3. The molecule has 0 amide bonds. The maximum Gasteiger partial charge on any atom is 0.127 e. The minimum atomic E-state index is -0.336. The molecule has 2 nitrogen and oxygen atoms in total. The Labute approximate surface area is 88.6 Å². The molecule has 1 aromatic carbocycles. The van der Waals surface area contributed by atoms with Gasteiger partial charge in [-0.25, -0.2) is 4.39 Å². The fraction of sp³-hybridized carbons (Fsp3) is 0.250. The molecule has 15 heavy (non-hydrogen) atoms. The van der Waals surface area contributed by atoms with Gasteiger partial charge >= 0.3 is 0 Å². The van der Waals surface area contributed by atoms with Gasteiger partial charge in [-0.3, -0.25) is 0 Å². The molecule has 0 heterocycles. The minimum Gasteiger partial charge on any atom is -0.494 e. The maximum absolute atomic E-state index is 13.1. The lowest BCUT2D eigenvalue weighted by Gasteiger charge is -2.03. The molecule has 0 aromatic heterocycles. The number of benzene rings is 1. The van der Waals surface area contributed by atoms with Crippen molar-refractivity contribution >= 4 is 6.08 Å². The number of ether oxygens (including phenoxy) is 1. The van der Waals surface area contributed by atoms with Crippen molar-refractivity contribution in [1.29, 1.82) is 5.26 Å². The van der Waals surface area contributed by atoms with Crippen LogP contribution in [0.15, 0.2) is 24.3 Å². The fourth-order valence-electron chi connectivity index (χ4n) is 1.18. The lowest BCUT2D eigenvalue weighted by molar-refractivity contribution is 0.338. The van der Waals surface area contributed by atoms with Gasteiger partial charge in [-0.15, -0.1) is 0 Å². The first-order valence-electron chi connectivity index (χ1n) is 4.73. The Morgan fingerprint density at radius 1 is 1.47 bits per heavy atom. The van der Waals surface area contributed by atoms with Crippen LogP contribution < -0.4 is 4.74 Å². The average molecular weight is 205 g/mol. The Hall–Kier alpha value is -1.82. The maximum atomic E-state index is 13.1. The van der Waals surface area contributed by atoms with Crippen LogP contribution in [-0.2, 0) is 0 Å². The summed E-state index contributed by atoms with van der Waals surface area (Å²) in [5, 5.41) is 8.34. The average Bonchev–Trinajstić information content (AvgIpc) is 2.18. The Bertz CT molecular complexity index is 393. The van der Waals surface area contributed by atoms with E-state index in [0.29, 0.717) is 24.3 Å². The van der Waals surface area contributed by atoms with Crippen LogP contribution in [0, 0.1) is 17.1 Å². The third-order valence-electron chi connectivity index (χ3n) is 1.72. The van der Waals surface area contributed by atoms with Crippen molar-refractivity contribution in [1.82, 2.24) is 0 Å². The molecule has 0 bridgehead atoms. The summed E-state index contributed by atoms with van der Waals surface area (Å²) in [6, 6.07) is 6.45. The van der Waals surface area contributed by atoms with Crippen molar-refractivity contribution in [2.45, 2.75) is 13.3 Å². The van der Waals surface area contributed by atoms with Crippen LogP contribution in [0.5, 0.6) is 5.75 Å². The van der Waals surface area contributed by atoms with E-state index in [4.69, 9.17) is 10.00 Å². The molecule has 0 N–H and O–H groups in total. The largest absolute Gasteiger partial charge is 0.494 e. The molecule has 3 heteroatoms. The van der Waals surface area contributed by atoms with Gasteiger partial charge in [0.05, 0.1) is 19.1 Å². The number of hydrogen-bond donors (Lipinski definition) is 0. The smallest absolute Gasteiger partial charge is 0.127 e. The lowest BCUT2D eigenvalue weighted by atomic mass is 10.2. The molecule has 0 saturated carbocycles. The Morgan fingerprint density at radius 3 is 2.93 bits per heavy atom. The number of nitrogens with zero attached hydrogens (tertiary/aromatic N) is 1. The molecule has 0 aliphatic rings. The van der Waals surface area contributed by atoms with Crippen molar-refractivity contribution < 1.29 is 9.13 Å². The van der Waals surface area contributed by atoms with Gasteiger partial charge < -0.3 is 4.74 Å². The van der Waals surface area contributed by atoms with Crippen LogP contribution in [0.1, 0.15) is 18.9 Å². The van der Waals surface area contributed by atoms with E-state index in [1.165, 1.54) is 12.1 Å². The third kappa shape index (κ3) is 3.82. The minimum absolute atomic E-state index is 0.320. The SMILES string of the molecule is CCOc1cc(F)cc(C=CCC#N)c1. The van der Waals surface area contributed by atoms with Gasteiger partial charge in [-0.1, -0.05) is 12.2 Å². The van der Waals surface area contributed by atoms with Crippen molar-refractivity contribution in [3.05, 3.63) is 35.7 Å². The number of allylic oxidation sites excluding steroid dienone is 1. The Morgan fingerprint density at radius 2 is 2.27 bits per heavy atom. The van der Waals surface area contributed by atoms with Gasteiger partial charge in [0.25, 0.3) is 0 Å². The second-order valence-electron chi connectivity index (χ2n) is 2.92. The van der Waals surface area contributed by atoms with Gasteiger partial charge in [0.15, 0.2) is 0 Å². The summed E-state index contributed by atoms with van der Waals surface area (Å²) in [4.78, 5) is 0. The van der Waals surface area contributed by atoms with Crippen LogP contribution in [0.25, 0.3) is 6.08 Å². The predicted octanol–water partition coefficient (Wildman–Crippen LogP) is 3.15. The third-order valence-corrected chi connectivity index (χ3v) is 1.72. The zero-order chi connectivity index (χ0) is 11.1. The van der Waals surface area contributed by atoms with Gasteiger partial charge in [-0.05, 0) is 24.6 Å². The first-order valence-corrected chi connectivity index (χ1v) is 4.73. The van der Waals surface area contributed by atoms with Crippen molar-refractivity contribution in [2.75, 3.05) is 6.61 Å². The van der Waals surface area contributed by atoms with Gasteiger partial charge in [-0.2, -0.15) is 5.26 Å². The number of halogens is 1. The summed E-state index contributed by atoms with van der Waals surface area (Å²) >= 11 is 0. The van der Waals surface area contributed by atoms with Gasteiger partial charge in [0.2, 0.25) is 0 Å². The second-order valence-corrected chi connectivity index (χ2v) is 2.92. The second kappa shape index (κ2) is 5.82. The number of nitriles is 1. The highest BCUT2D eigenvalue weighted by Gasteiger charge is 1.98. The molecule has 0 saturated heterocycles. The summed E-state index contributed by atoms with van der Waals surface area (Å²) in [6.07, 6.45) is 3.71. The molecule has 0 spiro atoms. The summed E-state index contributed by atoms with van der Waals surface area (Å²) < 4.78 is 18.3. The van der Waals surface area contributed by atoms with Crippen LogP contribution >= 0.6 is 0 Å². The molecule has 0 unspecified atom stereocenters. The van der Waals surface area contributed by atoms with E-state index < -0.39 is 0 Å². The zero-order valence-electron chi connectivity index (χ0n) is 8.53. The summed E-state index contributed by atoms with van der Waals surface area (Å²) in [5.41, 5.74) is 0.703. The van der Waals surface area contributed by atoms with Gasteiger partial charge in [0, 0.05) is 6.07 Å². The van der Waals surface area contributed by atoms with E-state index in [2.05, 4.69) is 0 Å². The van der Waals surface area contributed by atoms with Crippen LogP contribution in [0.4, 0.5) is 4.39 Å². The van der Waals surface area contributed by atoms with E-state index >= 15 is 0 Å². The van der Waals surface area contributed by atoms with Crippen LogP contribution in [0.2, 0.25) is 0 Å². The van der Waals surface area contributed by atoms with Crippen molar-refractivity contribution in [3.8, 4) is 11.8 Å². The highest BCUT2D eigenvalue weighted by atomic mass is 19.1. The van der Waals surface area contributed by atoms with E-state index in [1.807, 2.05) is 13.0 Å². The molecular weight excluding hydrogens is 193 g/mol. The predicted molar refractivity (Wildman–Crippen MR) is 56.8 cm³/mol. The molecule has 0 atom stereocenters. The number of hydrogen-bond acceptors (Lipinski definition) is 2. The van der Waals surface area contributed by atoms with E-state index in [1.54, 1.807) is 18.2 Å². The molecule has 0 fully saturated rings. The molecule has 0 radical (unpaired) electrons. The Balaban J connectivity index is 2.84. The van der Waals surface area contributed by atoms with Crippen molar-refractivity contribution in [3.63, 3.8) is 0 Å². The molecule has 1 rings (SSSR count). The normalized spacial score (nSPS) is 10.2. The first-order chi connectivity index (χ1) is 7.26. The summed E-state index contributed by atoms with van der Waals surface area (Å²) in [6.45, 7) is 2.35. The zero-order valence-corrected chi connectivity index (χ0v) is 8.53. The first kappa shape index (κ1) is 11.3. The molecular formula is C12H12FNO. The summed E-state index contributed by atoms with van der Waals surface area (Å²) in [7, 11) is 0. The fourth-order valence-corrected chi connectivity index (χ4v) is 1.18. The molecule has 78 valence electrons.